The van der Waals surface area contributed by atoms with Gasteiger partial charge in [0.15, 0.2) is 0 Å². The van der Waals surface area contributed by atoms with Crippen LogP contribution in [0.5, 0.6) is 0 Å². The van der Waals surface area contributed by atoms with Crippen molar-refractivity contribution < 1.29 is 84.6 Å². The van der Waals surface area contributed by atoms with Gasteiger partial charge in [-0.05, 0) is 151 Å². The first kappa shape index (κ1) is 87.2. The van der Waals surface area contributed by atoms with Crippen molar-refractivity contribution >= 4 is 70.9 Å². The van der Waals surface area contributed by atoms with Crippen molar-refractivity contribution in [3.63, 3.8) is 0 Å². The fourth-order valence-electron chi connectivity index (χ4n) is 17.8. The summed E-state index contributed by atoms with van der Waals surface area (Å²) in [5, 5.41) is 8.77. The van der Waals surface area contributed by atoms with Gasteiger partial charge in [-0.25, -0.2) is 4.39 Å². The van der Waals surface area contributed by atoms with Gasteiger partial charge in [0, 0.05) is 82.7 Å². The molecule has 30 heteroatoms. The fraction of sp³-hybridized carbons (Fsp3) is 0.818. The number of carbonyl (C=O) groups excluding carboxylic acids is 12. The summed E-state index contributed by atoms with van der Waals surface area (Å²) in [7, 11) is 11.1. The molecule has 12 amide bonds. The minimum absolute atomic E-state index is 0.00183. The largest absolute Gasteiger partial charge is 0.394 e. The van der Waals surface area contributed by atoms with Gasteiger partial charge in [0.1, 0.15) is 60.0 Å². The number of methoxy groups -OCH3 is 1. The van der Waals surface area contributed by atoms with E-state index in [0.717, 1.165) is 14.7 Å². The number of hydrogen-bond acceptors (Lipinski definition) is 14. The number of nitrogens with zero attached hydrogens (tertiary/aromatic N) is 9. The van der Waals surface area contributed by atoms with Crippen LogP contribution in [0, 0.1) is 46.8 Å². The van der Waals surface area contributed by atoms with E-state index in [0.29, 0.717) is 44.9 Å². The Morgan fingerprint density at radius 1 is 0.701 bits per heavy atom. The van der Waals surface area contributed by atoms with E-state index < -0.39 is 198 Å². The van der Waals surface area contributed by atoms with Crippen LogP contribution in [0.3, 0.4) is 0 Å². The first-order valence-electron chi connectivity index (χ1n) is 39.0. The molecule has 7 rings (SSSR count). The lowest BCUT2D eigenvalue weighted by Crippen LogP contribution is -2.71. The Balaban J connectivity index is 1.33. The lowest BCUT2D eigenvalue weighted by atomic mass is 9.58. The van der Waals surface area contributed by atoms with Crippen molar-refractivity contribution in [1.29, 1.82) is 0 Å². The van der Waals surface area contributed by atoms with Crippen molar-refractivity contribution in [1.82, 2.24) is 60.0 Å². The molecule has 107 heavy (non-hydrogen) atoms. The van der Waals surface area contributed by atoms with Gasteiger partial charge in [0.05, 0.1) is 38.1 Å². The summed E-state index contributed by atoms with van der Waals surface area (Å²) in [6.07, 6.45) is 0.143. The molecule has 4 saturated carbocycles. The topological polar surface area (TPSA) is 289 Å². The van der Waals surface area contributed by atoms with Crippen LogP contribution >= 0.6 is 0 Å². The third-order valence-corrected chi connectivity index (χ3v) is 24.5. The third-order valence-electron chi connectivity index (χ3n) is 24.5. The average Bonchev–Trinajstić information content (AvgIpc) is 1.42. The number of ether oxygens (including phenoxy) is 2. The molecule has 6 fully saturated rings. The van der Waals surface area contributed by atoms with Crippen LogP contribution in [0.15, 0.2) is 12.2 Å². The number of rotatable bonds is 14. The highest BCUT2D eigenvalue weighted by Gasteiger charge is 2.59. The first-order chi connectivity index (χ1) is 50.2. The predicted molar refractivity (Wildman–Crippen MR) is 391 cm³/mol. The van der Waals surface area contributed by atoms with Gasteiger partial charge < -0.3 is 69.5 Å². The molecular formula is C77H124F4N12O14. The normalized spacial score (nSPS) is 32.4. The molecule has 3 heterocycles. The zero-order chi connectivity index (χ0) is 79.5. The lowest BCUT2D eigenvalue weighted by Gasteiger charge is -2.54. The maximum atomic E-state index is 16.4. The molecule has 3 aliphatic heterocycles. The SMILES string of the molecule is CCOC[C@H]1C(=O)N[C@@H]([C@@H](C)CC)C(=O)N(C)CC(=O)N(C)[C@H]2C/C=C\CCN(C2=O)[C@@H](CC2CCC(C)CC2F)C(=O)N(C)CC(=O)N[C@@H](CCC2CCC(C(F)(F)F)C(OC)C2)C(=O)N2C[C@@H](C)C[C@H]2C(=O)NC2(CC(C)(C)C2)C(=O)N(C)[C@@H](C2CCCC2)C(=O)N(C)[C@H](C(=O)N(C)CC)CC(=O)N1C. The molecule has 0 radical (unpaired) electrons. The first-order valence-corrected chi connectivity index (χ1v) is 39.0. The summed E-state index contributed by atoms with van der Waals surface area (Å²) >= 11 is 0. The van der Waals surface area contributed by atoms with Crippen LogP contribution in [0.4, 0.5) is 17.6 Å². The highest BCUT2D eigenvalue weighted by atomic mass is 19.4. The molecule has 1 spiro atoms. The second kappa shape index (κ2) is 37.6. The maximum Gasteiger partial charge on any atom is 0.394 e. The van der Waals surface area contributed by atoms with Gasteiger partial charge in [-0.1, -0.05) is 79.4 Å². The van der Waals surface area contributed by atoms with Crippen LogP contribution in [0.25, 0.3) is 0 Å². The number of halogens is 4. The Morgan fingerprint density at radius 2 is 1.36 bits per heavy atom. The molecule has 604 valence electrons. The molecule has 26 nitrogen and oxygen atoms in total. The summed E-state index contributed by atoms with van der Waals surface area (Å²) in [6, 6.07) is -10.7. The Labute approximate surface area is 630 Å². The number of alkyl halides is 4. The molecule has 0 aromatic heterocycles. The molecule has 0 aromatic carbocycles. The number of fused-ring (bicyclic) bond motifs is 3. The smallest absolute Gasteiger partial charge is 0.381 e. The van der Waals surface area contributed by atoms with E-state index in [1.165, 1.54) is 85.8 Å². The summed E-state index contributed by atoms with van der Waals surface area (Å²) < 4.78 is 70.5. The van der Waals surface area contributed by atoms with E-state index >= 15 is 33.2 Å². The van der Waals surface area contributed by atoms with E-state index in [9.17, 15) is 41.9 Å². The van der Waals surface area contributed by atoms with E-state index in [4.69, 9.17) is 9.47 Å². The molecule has 16 atom stereocenters. The lowest BCUT2D eigenvalue weighted by molar-refractivity contribution is -0.215. The fourth-order valence-corrected chi connectivity index (χ4v) is 17.8. The minimum atomic E-state index is -4.53. The zero-order valence-corrected chi connectivity index (χ0v) is 66.3. The van der Waals surface area contributed by atoms with E-state index in [1.54, 1.807) is 39.8 Å². The highest BCUT2D eigenvalue weighted by Crippen LogP contribution is 2.50. The van der Waals surface area contributed by atoms with Crippen molar-refractivity contribution in [3.8, 4) is 0 Å². The number of hydrogen-bond donors (Lipinski definition) is 3. The highest BCUT2D eigenvalue weighted by molar-refractivity contribution is 6.01. The van der Waals surface area contributed by atoms with Crippen molar-refractivity contribution in [2.24, 2.45) is 46.8 Å². The molecule has 4 aliphatic carbocycles. The van der Waals surface area contributed by atoms with Crippen molar-refractivity contribution in [3.05, 3.63) is 12.2 Å². The average molecular weight is 1520 g/mol. The monoisotopic (exact) mass is 1520 g/mol. The second-order valence-corrected chi connectivity index (χ2v) is 33.1. The summed E-state index contributed by atoms with van der Waals surface area (Å²) in [5.41, 5.74) is -2.16. The summed E-state index contributed by atoms with van der Waals surface area (Å²) in [5.74, 6) is -12.6. The number of likely N-dealkylation sites (N-methyl/N-ethyl adjacent to an activating group) is 7. The number of amides is 12. The molecule has 0 aromatic rings. The van der Waals surface area contributed by atoms with Gasteiger partial charge in [0.25, 0.3) is 0 Å². The van der Waals surface area contributed by atoms with E-state index in [-0.39, 0.29) is 122 Å². The quantitative estimate of drug-likeness (QED) is 0.138. The standard InChI is InChI=1S/C77H124F4N12O14/c1-17-48(6)64-72(103)87(11)42-63(96)88(12)55-27-21-20-24-34-92(71(55)102)58(38-51-31-28-46(4)35-53(51)78)70(101)86(10)41-61(94)82-54(33-30-49-29-32-52(77(79,80)81)60(37-49)106-16)68(99)93-40-47(5)36-56(93)67(98)84-76(44-75(7,8)45-76)74(105)91(15)65(50-25-22-23-26-50)73(104)90(14)57(69(100)85(9)18-2)39-62(95)89(13)59(43-107-19-3)66(97)83-64/h20-21,46-60,64-65H,17-19,22-45H2,1-16H3,(H,82,94)(H,83,97)(H,84,98)/b21-20-/t46?,47-,48-,49?,51?,52?,53?,54-,55-,56-,57-,58-,59-,60?,64-,65-/m0/s1. The summed E-state index contributed by atoms with van der Waals surface area (Å²) in [6.45, 7) is 13.1. The Kier molecular flexibility index (Phi) is 30.7. The Hall–Kier alpha value is -6.98. The van der Waals surface area contributed by atoms with Gasteiger partial charge >= 0.3 is 6.18 Å². The van der Waals surface area contributed by atoms with Crippen molar-refractivity contribution in [2.45, 2.75) is 256 Å². The number of carbonyl (C=O) groups is 12. The van der Waals surface area contributed by atoms with E-state index in [1.807, 2.05) is 27.7 Å². The zero-order valence-electron chi connectivity index (χ0n) is 66.3. The van der Waals surface area contributed by atoms with Crippen LogP contribution in [0.1, 0.15) is 184 Å². The Morgan fingerprint density at radius 3 is 1.97 bits per heavy atom. The summed E-state index contributed by atoms with van der Waals surface area (Å²) in [4.78, 5) is 193. The number of nitrogens with one attached hydrogen (secondary N) is 3. The minimum Gasteiger partial charge on any atom is -0.381 e. The second-order valence-electron chi connectivity index (χ2n) is 33.1. The van der Waals surface area contributed by atoms with Gasteiger partial charge in [-0.2, -0.15) is 13.2 Å². The van der Waals surface area contributed by atoms with Crippen LogP contribution < -0.4 is 16.0 Å². The van der Waals surface area contributed by atoms with Crippen LogP contribution in [-0.2, 0) is 67.0 Å². The van der Waals surface area contributed by atoms with Gasteiger partial charge in [0.2, 0.25) is 70.9 Å². The molecule has 3 N–H and O–H groups in total. The van der Waals surface area contributed by atoms with Gasteiger partial charge in [-0.3, -0.25) is 57.5 Å². The molecule has 6 unspecified atom stereocenters. The van der Waals surface area contributed by atoms with E-state index in [2.05, 4.69) is 16.0 Å². The molecule has 2 bridgehead atoms. The molecule has 2 saturated heterocycles. The van der Waals surface area contributed by atoms with Gasteiger partial charge in [-0.15, -0.1) is 0 Å². The molecule has 7 aliphatic rings. The Bertz CT molecular complexity index is 3200. The van der Waals surface area contributed by atoms with Crippen LogP contribution in [-0.4, -0.2) is 290 Å². The predicted octanol–water partition coefficient (Wildman–Crippen LogP) is 5.73. The molecular weight excluding hydrogens is 1390 g/mol. The third kappa shape index (κ3) is 21.1. The van der Waals surface area contributed by atoms with Crippen molar-refractivity contribution in [2.75, 3.05) is 102 Å². The maximum absolute atomic E-state index is 16.4. The van der Waals surface area contributed by atoms with Crippen LogP contribution in [0.2, 0.25) is 0 Å².